The fourth-order valence-corrected chi connectivity index (χ4v) is 1.08. The van der Waals surface area contributed by atoms with Crippen LogP contribution in [0.4, 0.5) is 0 Å². The van der Waals surface area contributed by atoms with E-state index in [2.05, 4.69) is 25.2 Å². The van der Waals surface area contributed by atoms with Gasteiger partial charge in [0.15, 0.2) is 0 Å². The van der Waals surface area contributed by atoms with Crippen molar-refractivity contribution in [2.24, 2.45) is 5.92 Å². The van der Waals surface area contributed by atoms with E-state index in [1.54, 1.807) is 0 Å². The normalized spacial score (nSPS) is 28.2. The van der Waals surface area contributed by atoms with Gasteiger partial charge in [0.05, 0.1) is 0 Å². The highest BCUT2D eigenvalue weighted by molar-refractivity contribution is 4.97. The zero-order chi connectivity index (χ0) is 6.69. The van der Waals surface area contributed by atoms with Gasteiger partial charge in [-0.25, -0.2) is 0 Å². The zero-order valence-corrected chi connectivity index (χ0v) is 6.28. The van der Waals surface area contributed by atoms with Crippen LogP contribution in [0.25, 0.3) is 0 Å². The van der Waals surface area contributed by atoms with E-state index in [4.69, 9.17) is 0 Å². The summed E-state index contributed by atoms with van der Waals surface area (Å²) in [6, 6.07) is 0. The lowest BCUT2D eigenvalue weighted by Gasteiger charge is -2.03. The van der Waals surface area contributed by atoms with Gasteiger partial charge in [-0.05, 0) is 25.7 Å². The van der Waals surface area contributed by atoms with Crippen LogP contribution < -0.4 is 5.32 Å². The Hall–Kier alpha value is -0.460. The van der Waals surface area contributed by atoms with Crippen LogP contribution in [-0.4, -0.2) is 6.54 Å². The first-order valence-corrected chi connectivity index (χ1v) is 3.69. The van der Waals surface area contributed by atoms with Gasteiger partial charge in [0.2, 0.25) is 0 Å². The Balaban J connectivity index is 2.42. The summed E-state index contributed by atoms with van der Waals surface area (Å²) in [6.45, 7) is 5.60. The molecule has 1 atom stereocenters. The predicted octanol–water partition coefficient (Wildman–Crippen LogP) is 1.91. The molecule has 1 heteroatoms. The molecule has 0 aromatic heterocycles. The second-order valence-electron chi connectivity index (χ2n) is 2.94. The Morgan fingerprint density at radius 2 is 2.44 bits per heavy atom. The molecule has 0 aliphatic carbocycles. The van der Waals surface area contributed by atoms with Crippen LogP contribution in [0, 0.1) is 5.92 Å². The number of hydrogen-bond donors (Lipinski definition) is 1. The summed E-state index contributed by atoms with van der Waals surface area (Å²) in [5, 5.41) is 3.34. The first-order chi connectivity index (χ1) is 4.29. The SMILES string of the molecule is CC1=CCC(C)CCN1. The fourth-order valence-electron chi connectivity index (χ4n) is 1.08. The number of allylic oxidation sites excluding steroid dienone is 2. The Morgan fingerprint density at radius 3 is 3.22 bits per heavy atom. The zero-order valence-electron chi connectivity index (χ0n) is 6.28. The van der Waals surface area contributed by atoms with Gasteiger partial charge < -0.3 is 5.32 Å². The third-order valence-electron chi connectivity index (χ3n) is 1.87. The average Bonchev–Trinajstić information content (AvgIpc) is 1.97. The first-order valence-electron chi connectivity index (χ1n) is 3.69. The Morgan fingerprint density at radius 1 is 1.67 bits per heavy atom. The van der Waals surface area contributed by atoms with Crippen molar-refractivity contribution >= 4 is 0 Å². The molecule has 1 heterocycles. The molecule has 0 spiro atoms. The summed E-state index contributed by atoms with van der Waals surface area (Å²) in [5.74, 6) is 0.870. The number of rotatable bonds is 0. The van der Waals surface area contributed by atoms with Gasteiger partial charge >= 0.3 is 0 Å². The molecule has 0 saturated carbocycles. The van der Waals surface area contributed by atoms with Crippen LogP contribution in [0.3, 0.4) is 0 Å². The molecule has 0 fully saturated rings. The smallest absolute Gasteiger partial charge is 0.0146 e. The molecule has 0 bridgehead atoms. The van der Waals surface area contributed by atoms with E-state index in [9.17, 15) is 0 Å². The van der Waals surface area contributed by atoms with E-state index in [1.807, 2.05) is 0 Å². The van der Waals surface area contributed by atoms with E-state index >= 15 is 0 Å². The Labute approximate surface area is 57.1 Å². The van der Waals surface area contributed by atoms with Crippen LogP contribution >= 0.6 is 0 Å². The van der Waals surface area contributed by atoms with Crippen LogP contribution in [-0.2, 0) is 0 Å². The van der Waals surface area contributed by atoms with Gasteiger partial charge in [-0.15, -0.1) is 0 Å². The van der Waals surface area contributed by atoms with Crippen molar-refractivity contribution in [3.05, 3.63) is 11.8 Å². The molecule has 0 aromatic carbocycles. The largest absolute Gasteiger partial charge is 0.389 e. The summed E-state index contributed by atoms with van der Waals surface area (Å²) in [4.78, 5) is 0. The molecule has 1 N–H and O–H groups in total. The second kappa shape index (κ2) is 2.90. The van der Waals surface area contributed by atoms with Crippen molar-refractivity contribution in [3.63, 3.8) is 0 Å². The highest BCUT2D eigenvalue weighted by Gasteiger charge is 2.03. The molecule has 1 nitrogen and oxygen atoms in total. The summed E-state index contributed by atoms with van der Waals surface area (Å²) in [5.41, 5.74) is 1.35. The third kappa shape index (κ3) is 2.08. The predicted molar refractivity (Wildman–Crippen MR) is 40.2 cm³/mol. The molecule has 0 amide bonds. The van der Waals surface area contributed by atoms with E-state index < -0.39 is 0 Å². The van der Waals surface area contributed by atoms with E-state index in [0.717, 1.165) is 12.5 Å². The average molecular weight is 125 g/mol. The molecule has 1 unspecified atom stereocenters. The number of hydrogen-bond acceptors (Lipinski definition) is 1. The van der Waals surface area contributed by atoms with Gasteiger partial charge in [-0.3, -0.25) is 0 Å². The lowest BCUT2D eigenvalue weighted by atomic mass is 10.1. The van der Waals surface area contributed by atoms with Gasteiger partial charge in [0.1, 0.15) is 0 Å². The second-order valence-corrected chi connectivity index (χ2v) is 2.94. The summed E-state index contributed by atoms with van der Waals surface area (Å²) >= 11 is 0. The lowest BCUT2D eigenvalue weighted by molar-refractivity contribution is 0.544. The Kier molecular flexibility index (Phi) is 2.15. The standard InChI is InChI=1S/C8H15N/c1-7-3-4-8(2)9-6-5-7/h4,7,9H,3,5-6H2,1-2H3. The minimum absolute atomic E-state index is 0.870. The van der Waals surface area contributed by atoms with Crippen molar-refractivity contribution in [2.45, 2.75) is 26.7 Å². The molecular formula is C8H15N. The quantitative estimate of drug-likeness (QED) is 0.521. The minimum atomic E-state index is 0.870. The molecule has 52 valence electrons. The monoisotopic (exact) mass is 125 g/mol. The van der Waals surface area contributed by atoms with Crippen molar-refractivity contribution in [3.8, 4) is 0 Å². The summed E-state index contributed by atoms with van der Waals surface area (Å²) in [6.07, 6.45) is 4.85. The van der Waals surface area contributed by atoms with Crippen molar-refractivity contribution < 1.29 is 0 Å². The maximum atomic E-state index is 3.34. The van der Waals surface area contributed by atoms with Crippen molar-refractivity contribution in [1.82, 2.24) is 5.32 Å². The van der Waals surface area contributed by atoms with Gasteiger partial charge in [0, 0.05) is 12.2 Å². The topological polar surface area (TPSA) is 12.0 Å². The van der Waals surface area contributed by atoms with Crippen molar-refractivity contribution in [2.75, 3.05) is 6.54 Å². The molecule has 0 aromatic rings. The molecular weight excluding hydrogens is 110 g/mol. The highest BCUT2D eigenvalue weighted by atomic mass is 14.9. The van der Waals surface area contributed by atoms with E-state index in [1.165, 1.54) is 18.5 Å². The van der Waals surface area contributed by atoms with Crippen LogP contribution in [0.15, 0.2) is 11.8 Å². The van der Waals surface area contributed by atoms with E-state index in [-0.39, 0.29) is 0 Å². The van der Waals surface area contributed by atoms with Crippen molar-refractivity contribution in [1.29, 1.82) is 0 Å². The maximum absolute atomic E-state index is 3.34. The van der Waals surface area contributed by atoms with Gasteiger partial charge in [0.25, 0.3) is 0 Å². The molecule has 1 aliphatic heterocycles. The third-order valence-corrected chi connectivity index (χ3v) is 1.87. The van der Waals surface area contributed by atoms with Gasteiger partial charge in [-0.2, -0.15) is 0 Å². The van der Waals surface area contributed by atoms with Gasteiger partial charge in [-0.1, -0.05) is 13.0 Å². The fraction of sp³-hybridized carbons (Fsp3) is 0.750. The molecule has 0 saturated heterocycles. The summed E-state index contributed by atoms with van der Waals surface area (Å²) in [7, 11) is 0. The number of nitrogens with one attached hydrogen (secondary N) is 1. The molecule has 0 radical (unpaired) electrons. The maximum Gasteiger partial charge on any atom is 0.0146 e. The lowest BCUT2D eigenvalue weighted by Crippen LogP contribution is -2.11. The van der Waals surface area contributed by atoms with Crippen LogP contribution in [0.1, 0.15) is 26.7 Å². The molecule has 1 aliphatic rings. The van der Waals surface area contributed by atoms with E-state index in [0.29, 0.717) is 0 Å². The summed E-state index contributed by atoms with van der Waals surface area (Å²) < 4.78 is 0. The van der Waals surface area contributed by atoms with Crippen LogP contribution in [0.5, 0.6) is 0 Å². The molecule has 1 rings (SSSR count). The highest BCUT2D eigenvalue weighted by Crippen LogP contribution is 2.11. The minimum Gasteiger partial charge on any atom is -0.389 e. The van der Waals surface area contributed by atoms with Crippen LogP contribution in [0.2, 0.25) is 0 Å². The first kappa shape index (κ1) is 6.66. The Bertz CT molecular complexity index is 116. The molecule has 9 heavy (non-hydrogen) atoms.